The SMILES string of the molecule is CCOc1nc(N)nc2c1ncn2[C@@H]1O[C@@H]2CO[PH](O)(NCCC(=O)O)O[C@H]2[C@@]1(C)F. The van der Waals surface area contributed by atoms with Crippen LogP contribution in [0, 0.1) is 0 Å². The zero-order valence-electron chi connectivity index (χ0n) is 16.8. The van der Waals surface area contributed by atoms with Crippen LogP contribution in [0.2, 0.25) is 0 Å². The summed E-state index contributed by atoms with van der Waals surface area (Å²) in [6, 6.07) is 0. The second kappa shape index (κ2) is 8.04. The molecule has 0 unspecified atom stereocenters. The summed E-state index contributed by atoms with van der Waals surface area (Å²) in [5, 5.41) is 11.3. The normalized spacial score (nSPS) is 30.8. The van der Waals surface area contributed by atoms with E-state index in [1.165, 1.54) is 17.8 Å². The number of aromatic nitrogens is 4. The molecule has 0 aliphatic carbocycles. The number of carboxylic acids is 1. The van der Waals surface area contributed by atoms with E-state index in [4.69, 9.17) is 29.4 Å². The van der Waals surface area contributed by atoms with Crippen molar-refractivity contribution in [1.82, 2.24) is 24.6 Å². The van der Waals surface area contributed by atoms with Crippen molar-refractivity contribution < 1.29 is 37.7 Å². The summed E-state index contributed by atoms with van der Waals surface area (Å²) < 4.78 is 39.6. The Kier molecular flexibility index (Phi) is 5.70. The fourth-order valence-corrected chi connectivity index (χ4v) is 5.48. The molecule has 2 fully saturated rings. The molecule has 172 valence electrons. The third-order valence-electron chi connectivity index (χ3n) is 5.04. The number of hydrogen-bond donors (Lipinski definition) is 4. The van der Waals surface area contributed by atoms with Gasteiger partial charge in [-0.25, -0.2) is 0 Å². The predicted octanol–water partition coefficient (Wildman–Crippen LogP) is 0.315. The Morgan fingerprint density at radius 1 is 1.55 bits per heavy atom. The summed E-state index contributed by atoms with van der Waals surface area (Å²) in [4.78, 5) is 33.7. The van der Waals surface area contributed by atoms with Crippen LogP contribution >= 0.6 is 8.09 Å². The van der Waals surface area contributed by atoms with E-state index in [-0.39, 0.29) is 37.0 Å². The van der Waals surface area contributed by atoms with E-state index in [1.807, 2.05) is 0 Å². The van der Waals surface area contributed by atoms with Crippen LogP contribution in [-0.2, 0) is 18.6 Å². The average Bonchev–Trinajstić information content (AvgIpc) is 3.20. The number of fused-ring (bicyclic) bond motifs is 2. The second-order valence-corrected chi connectivity index (χ2v) is 9.37. The Hall–Kier alpha value is -2.22. The second-order valence-electron chi connectivity index (χ2n) is 7.32. The van der Waals surface area contributed by atoms with Crippen molar-refractivity contribution in [3.8, 4) is 5.88 Å². The fraction of sp³-hybridized carbons (Fsp3) is 0.625. The van der Waals surface area contributed by atoms with E-state index in [9.17, 15) is 9.69 Å². The Balaban J connectivity index is 1.61. The number of nitrogens with zero attached hydrogens (tertiary/aromatic N) is 4. The molecule has 0 amide bonds. The van der Waals surface area contributed by atoms with Crippen molar-refractivity contribution in [3.63, 3.8) is 0 Å². The van der Waals surface area contributed by atoms with Gasteiger partial charge in [0.1, 0.15) is 0 Å². The molecule has 0 aromatic carbocycles. The molecule has 13 nitrogen and oxygen atoms in total. The molecule has 5 N–H and O–H groups in total. The Labute approximate surface area is 176 Å². The number of rotatable bonds is 7. The van der Waals surface area contributed by atoms with E-state index in [1.54, 1.807) is 6.92 Å². The molecule has 2 aromatic heterocycles. The summed E-state index contributed by atoms with van der Waals surface area (Å²) in [6.07, 6.45) is -2.13. The number of alkyl halides is 1. The number of aliphatic carboxylic acids is 1. The molecule has 31 heavy (non-hydrogen) atoms. The summed E-state index contributed by atoms with van der Waals surface area (Å²) in [7, 11) is -4.00. The van der Waals surface area contributed by atoms with E-state index in [0.29, 0.717) is 12.1 Å². The van der Waals surface area contributed by atoms with E-state index >= 15 is 4.39 Å². The fourth-order valence-electron chi connectivity index (χ4n) is 3.67. The topological polar surface area (TPSA) is 176 Å². The van der Waals surface area contributed by atoms with Crippen molar-refractivity contribution in [3.05, 3.63) is 6.33 Å². The van der Waals surface area contributed by atoms with Crippen LogP contribution < -0.4 is 15.6 Å². The molecule has 2 aliphatic heterocycles. The van der Waals surface area contributed by atoms with Gasteiger partial charge in [0.2, 0.25) is 0 Å². The monoisotopic (exact) mass is 462 g/mol. The minimum atomic E-state index is -4.00. The number of nitrogens with one attached hydrogen (secondary N) is 1. The number of ether oxygens (including phenoxy) is 2. The number of hydrogen-bond acceptors (Lipinski definition) is 11. The molecule has 2 aliphatic rings. The Morgan fingerprint density at radius 3 is 3.03 bits per heavy atom. The molecule has 0 radical (unpaired) electrons. The van der Waals surface area contributed by atoms with Gasteiger partial charge in [0.05, 0.1) is 0 Å². The Bertz CT molecular complexity index is 993. The van der Waals surface area contributed by atoms with Gasteiger partial charge in [-0.3, -0.25) is 0 Å². The number of anilines is 1. The summed E-state index contributed by atoms with van der Waals surface area (Å²) in [5.74, 6) is -0.959. The van der Waals surface area contributed by atoms with Crippen molar-refractivity contribution in [1.29, 1.82) is 0 Å². The van der Waals surface area contributed by atoms with Gasteiger partial charge < -0.3 is 0 Å². The minimum absolute atomic E-state index is 0.0716. The number of carbonyl (C=O) groups is 1. The first-order chi connectivity index (χ1) is 14.6. The molecular formula is C16H24FN6O7P. The van der Waals surface area contributed by atoms with Crippen molar-refractivity contribution >= 4 is 31.2 Å². The third kappa shape index (κ3) is 4.02. The van der Waals surface area contributed by atoms with Gasteiger partial charge in [0.25, 0.3) is 0 Å². The number of nitrogen functional groups attached to an aromatic ring is 1. The average molecular weight is 462 g/mol. The summed E-state index contributed by atoms with van der Waals surface area (Å²) in [5.41, 5.74) is 4.16. The molecule has 4 heterocycles. The van der Waals surface area contributed by atoms with Crippen LogP contribution in [0.3, 0.4) is 0 Å². The van der Waals surface area contributed by atoms with Crippen molar-refractivity contribution in [2.45, 2.75) is 44.4 Å². The van der Waals surface area contributed by atoms with Crippen molar-refractivity contribution in [2.75, 3.05) is 25.5 Å². The molecule has 4 atom stereocenters. The zero-order valence-corrected chi connectivity index (χ0v) is 17.8. The van der Waals surface area contributed by atoms with Crippen LogP contribution in [-0.4, -0.2) is 73.1 Å². The summed E-state index contributed by atoms with van der Waals surface area (Å²) >= 11 is 0. The maximum atomic E-state index is 16.0. The Morgan fingerprint density at radius 2 is 2.32 bits per heavy atom. The number of imidazole rings is 1. The van der Waals surface area contributed by atoms with E-state index in [2.05, 4.69) is 20.0 Å². The molecule has 0 spiro atoms. The van der Waals surface area contributed by atoms with Crippen LogP contribution in [0.4, 0.5) is 10.3 Å². The first-order valence-electron chi connectivity index (χ1n) is 9.63. The van der Waals surface area contributed by atoms with Crippen LogP contribution in [0.1, 0.15) is 26.5 Å². The standard InChI is InChI=1S/C16H24FN6O7P/c1-3-27-13-10-12(21-15(18)22-13)23(7-19-10)14-16(2,17)11-8(29-14)6-28-31(26,30-11)20-5-4-9(24)25/h7-8,11,14,20,26,31H,3-6H2,1-2H3,(H,24,25)(H2,18,21,22)/t8-,11-,14-,16-/m1/s1. The molecular weight excluding hydrogens is 438 g/mol. The molecule has 0 saturated carbocycles. The third-order valence-corrected chi connectivity index (χ3v) is 6.87. The van der Waals surface area contributed by atoms with Gasteiger partial charge in [0, 0.05) is 0 Å². The van der Waals surface area contributed by atoms with Gasteiger partial charge in [0.15, 0.2) is 0 Å². The molecule has 4 rings (SSSR count). The predicted molar refractivity (Wildman–Crippen MR) is 106 cm³/mol. The van der Waals surface area contributed by atoms with Crippen LogP contribution in [0.25, 0.3) is 11.2 Å². The van der Waals surface area contributed by atoms with Gasteiger partial charge in [-0.2, -0.15) is 0 Å². The van der Waals surface area contributed by atoms with Gasteiger partial charge >= 0.3 is 176 Å². The van der Waals surface area contributed by atoms with Crippen LogP contribution in [0.5, 0.6) is 5.88 Å². The molecule has 2 aromatic rings. The van der Waals surface area contributed by atoms with Gasteiger partial charge in [-0.1, -0.05) is 0 Å². The maximum absolute atomic E-state index is 16.0. The molecule has 15 heteroatoms. The number of halogens is 1. The quantitative estimate of drug-likeness (QED) is 0.415. The van der Waals surface area contributed by atoms with Crippen LogP contribution in [0.15, 0.2) is 6.33 Å². The number of nitrogens with two attached hydrogens (primary N) is 1. The first kappa shape index (κ1) is 22.0. The molecule has 0 bridgehead atoms. The zero-order chi connectivity index (χ0) is 22.4. The van der Waals surface area contributed by atoms with Gasteiger partial charge in [-0.15, -0.1) is 0 Å². The van der Waals surface area contributed by atoms with E-state index < -0.39 is 38.2 Å². The number of carboxylic acid groups (broad SMARTS) is 1. The summed E-state index contributed by atoms with van der Waals surface area (Å²) in [6.45, 7) is 3.15. The van der Waals surface area contributed by atoms with Crippen molar-refractivity contribution in [2.24, 2.45) is 0 Å². The van der Waals surface area contributed by atoms with Gasteiger partial charge in [-0.05, 0) is 0 Å². The first-order valence-corrected chi connectivity index (χ1v) is 11.4. The van der Waals surface area contributed by atoms with E-state index in [0.717, 1.165) is 0 Å². The molecule has 2 saturated heterocycles.